The van der Waals surface area contributed by atoms with E-state index in [9.17, 15) is 9.59 Å². The second-order valence-electron chi connectivity index (χ2n) is 5.09. The molecule has 0 bridgehead atoms. The van der Waals surface area contributed by atoms with Crippen molar-refractivity contribution in [1.82, 2.24) is 9.88 Å². The summed E-state index contributed by atoms with van der Waals surface area (Å²) in [6.45, 7) is 0.889. The number of thiazole rings is 1. The lowest BCUT2D eigenvalue weighted by Crippen LogP contribution is -2.36. The molecule has 7 nitrogen and oxygen atoms in total. The van der Waals surface area contributed by atoms with Gasteiger partial charge in [0, 0.05) is 24.1 Å². The molecule has 10 heteroatoms. The van der Waals surface area contributed by atoms with Crippen molar-refractivity contribution in [2.45, 2.75) is 6.54 Å². The van der Waals surface area contributed by atoms with Gasteiger partial charge in [-0.05, 0) is 18.2 Å². The molecule has 0 aliphatic carbocycles. The fourth-order valence-corrected chi connectivity index (χ4v) is 3.22. The highest BCUT2D eigenvalue weighted by molar-refractivity contribution is 7.09. The molecule has 26 heavy (non-hydrogen) atoms. The van der Waals surface area contributed by atoms with Crippen molar-refractivity contribution in [3.63, 3.8) is 0 Å². The number of rotatable bonds is 7. The number of carbonyl (C=O) groups is 2. The Morgan fingerprint density at radius 3 is 2.73 bits per heavy atom. The van der Waals surface area contributed by atoms with Gasteiger partial charge in [0.25, 0.3) is 0 Å². The Morgan fingerprint density at radius 2 is 2.08 bits per heavy atom. The number of methoxy groups -OCH3 is 2. The Kier molecular flexibility index (Phi) is 7.65. The lowest BCUT2D eigenvalue weighted by atomic mass is 10.3. The monoisotopic (exact) mass is 417 g/mol. The molecule has 1 N–H and O–H groups in total. The van der Waals surface area contributed by atoms with Crippen LogP contribution in [0.25, 0.3) is 0 Å². The molecular weight excluding hydrogens is 401 g/mol. The van der Waals surface area contributed by atoms with Crippen LogP contribution in [-0.2, 0) is 16.0 Å². The zero-order chi connectivity index (χ0) is 19.1. The summed E-state index contributed by atoms with van der Waals surface area (Å²) < 4.78 is 9.69. The smallest absolute Gasteiger partial charge is 0.357 e. The van der Waals surface area contributed by atoms with Gasteiger partial charge in [0.05, 0.1) is 31.0 Å². The molecule has 0 unspecified atom stereocenters. The van der Waals surface area contributed by atoms with Gasteiger partial charge in [0.15, 0.2) is 5.69 Å². The first kappa shape index (κ1) is 20.4. The Hall–Kier alpha value is -1.87. The molecule has 1 aromatic carbocycles. The lowest BCUT2D eigenvalue weighted by molar-refractivity contribution is 0.0594. The van der Waals surface area contributed by atoms with Crippen molar-refractivity contribution in [2.24, 2.45) is 0 Å². The Morgan fingerprint density at radius 1 is 1.31 bits per heavy atom. The summed E-state index contributed by atoms with van der Waals surface area (Å²) in [5.74, 6) is -0.520. The normalized spacial score (nSPS) is 10.5. The zero-order valence-corrected chi connectivity index (χ0v) is 16.5. The number of ether oxygens (including phenoxy) is 2. The summed E-state index contributed by atoms with van der Waals surface area (Å²) in [5, 5.41) is 5.72. The first-order valence-corrected chi connectivity index (χ1v) is 9.10. The minimum Gasteiger partial charge on any atom is -0.464 e. The third-order valence-electron chi connectivity index (χ3n) is 3.30. The van der Waals surface area contributed by atoms with Gasteiger partial charge in [0.2, 0.25) is 0 Å². The molecule has 2 rings (SSSR count). The van der Waals surface area contributed by atoms with Crippen LogP contribution < -0.4 is 5.32 Å². The van der Waals surface area contributed by atoms with Crippen molar-refractivity contribution in [2.75, 3.05) is 32.7 Å². The van der Waals surface area contributed by atoms with Crippen molar-refractivity contribution in [1.29, 1.82) is 0 Å². The topological polar surface area (TPSA) is 80.8 Å². The van der Waals surface area contributed by atoms with Crippen LogP contribution in [0.15, 0.2) is 23.6 Å². The largest absolute Gasteiger partial charge is 0.464 e. The van der Waals surface area contributed by atoms with Crippen LogP contribution in [0.3, 0.4) is 0 Å². The molecule has 0 aliphatic rings. The maximum absolute atomic E-state index is 12.6. The molecular formula is C16H17Cl2N3O4S. The van der Waals surface area contributed by atoms with Crippen LogP contribution in [-0.4, -0.2) is 49.3 Å². The SMILES string of the molecule is COCCN(Cc1nc(C(=O)OC)cs1)C(=O)Nc1ccc(Cl)cc1Cl. The van der Waals surface area contributed by atoms with Gasteiger partial charge >= 0.3 is 12.0 Å². The quantitative estimate of drug-likeness (QED) is 0.690. The molecule has 1 aromatic heterocycles. The van der Waals surface area contributed by atoms with Crippen LogP contribution in [0.1, 0.15) is 15.5 Å². The van der Waals surface area contributed by atoms with E-state index in [4.69, 9.17) is 27.9 Å². The maximum Gasteiger partial charge on any atom is 0.357 e. The number of hydrogen-bond donors (Lipinski definition) is 1. The van der Waals surface area contributed by atoms with E-state index in [-0.39, 0.29) is 18.3 Å². The van der Waals surface area contributed by atoms with Gasteiger partial charge in [-0.2, -0.15) is 0 Å². The molecule has 0 radical (unpaired) electrons. The van der Waals surface area contributed by atoms with Crippen LogP contribution in [0.5, 0.6) is 0 Å². The summed E-state index contributed by atoms with van der Waals surface area (Å²) in [4.78, 5) is 29.8. The number of carbonyl (C=O) groups excluding carboxylic acids is 2. The molecule has 140 valence electrons. The van der Waals surface area contributed by atoms with Crippen LogP contribution >= 0.6 is 34.5 Å². The number of halogens is 2. The number of anilines is 1. The van der Waals surface area contributed by atoms with E-state index < -0.39 is 5.97 Å². The fourth-order valence-electron chi connectivity index (χ4n) is 1.98. The average molecular weight is 418 g/mol. The number of hydrogen-bond acceptors (Lipinski definition) is 6. The van der Waals surface area contributed by atoms with Crippen molar-refractivity contribution in [3.05, 3.63) is 44.3 Å². The first-order valence-electron chi connectivity index (χ1n) is 7.47. The highest BCUT2D eigenvalue weighted by atomic mass is 35.5. The van der Waals surface area contributed by atoms with Gasteiger partial charge in [0.1, 0.15) is 5.01 Å². The van der Waals surface area contributed by atoms with Gasteiger partial charge in [-0.25, -0.2) is 14.6 Å². The molecule has 0 atom stereocenters. The van der Waals surface area contributed by atoms with E-state index >= 15 is 0 Å². The number of benzene rings is 1. The number of nitrogens with zero attached hydrogens (tertiary/aromatic N) is 2. The highest BCUT2D eigenvalue weighted by Gasteiger charge is 2.18. The molecule has 2 aromatic rings. The minimum atomic E-state index is -0.520. The van der Waals surface area contributed by atoms with Crippen molar-refractivity contribution >= 4 is 52.2 Å². The lowest BCUT2D eigenvalue weighted by Gasteiger charge is -2.22. The summed E-state index contributed by atoms with van der Waals surface area (Å²) in [6, 6.07) is 4.42. The highest BCUT2D eigenvalue weighted by Crippen LogP contribution is 2.26. The number of urea groups is 1. The summed E-state index contributed by atoms with van der Waals surface area (Å²) in [6.07, 6.45) is 0. The zero-order valence-electron chi connectivity index (χ0n) is 14.1. The van der Waals surface area contributed by atoms with Gasteiger partial charge in [-0.15, -0.1) is 11.3 Å². The molecule has 0 saturated carbocycles. The summed E-state index contributed by atoms with van der Waals surface area (Å²) >= 11 is 13.2. The predicted molar refractivity (Wildman–Crippen MR) is 101 cm³/mol. The standard InChI is InChI=1S/C16H17Cl2N3O4S/c1-24-6-5-21(8-14-19-13(9-26-14)15(22)25-2)16(23)20-12-4-3-10(17)7-11(12)18/h3-4,7,9H,5-6,8H2,1-2H3,(H,20,23). The molecule has 1 heterocycles. The van der Waals surface area contributed by atoms with E-state index in [1.807, 2.05) is 0 Å². The Balaban J connectivity index is 2.11. The van der Waals surface area contributed by atoms with Crippen molar-refractivity contribution in [3.8, 4) is 0 Å². The Bertz CT molecular complexity index is 785. The van der Waals surface area contributed by atoms with Crippen molar-refractivity contribution < 1.29 is 19.1 Å². The van der Waals surface area contributed by atoms with Crippen LogP contribution in [0.2, 0.25) is 10.0 Å². The second kappa shape index (κ2) is 9.72. The third kappa shape index (κ3) is 5.57. The van der Waals surface area contributed by atoms with Gasteiger partial charge in [-0.1, -0.05) is 23.2 Å². The van der Waals surface area contributed by atoms with E-state index in [0.717, 1.165) is 0 Å². The molecule has 0 saturated heterocycles. The molecule has 2 amide bonds. The Labute approximate surface area is 164 Å². The maximum atomic E-state index is 12.6. The minimum absolute atomic E-state index is 0.209. The summed E-state index contributed by atoms with van der Waals surface area (Å²) in [7, 11) is 2.83. The number of esters is 1. The molecule has 0 aliphatic heterocycles. The molecule has 0 fully saturated rings. The number of amides is 2. The fraction of sp³-hybridized carbons (Fsp3) is 0.312. The van der Waals surface area contributed by atoms with E-state index in [0.29, 0.717) is 33.9 Å². The van der Waals surface area contributed by atoms with Gasteiger partial charge in [-0.3, -0.25) is 0 Å². The van der Waals surface area contributed by atoms with Crippen LogP contribution in [0.4, 0.5) is 10.5 Å². The number of aromatic nitrogens is 1. The van der Waals surface area contributed by atoms with E-state index in [2.05, 4.69) is 15.0 Å². The molecule has 0 spiro atoms. The summed E-state index contributed by atoms with van der Waals surface area (Å²) in [5.41, 5.74) is 0.651. The third-order valence-corrected chi connectivity index (χ3v) is 4.68. The van der Waals surface area contributed by atoms with Gasteiger partial charge < -0.3 is 19.7 Å². The van der Waals surface area contributed by atoms with E-state index in [1.54, 1.807) is 30.7 Å². The average Bonchev–Trinajstić information content (AvgIpc) is 3.08. The predicted octanol–water partition coefficient (Wildman–Crippen LogP) is 3.92. The van der Waals surface area contributed by atoms with Crippen LogP contribution in [0, 0.1) is 0 Å². The van der Waals surface area contributed by atoms with E-state index in [1.165, 1.54) is 23.3 Å². The second-order valence-corrected chi connectivity index (χ2v) is 6.87. The first-order chi connectivity index (χ1) is 12.4. The number of nitrogens with one attached hydrogen (secondary N) is 1.